The van der Waals surface area contributed by atoms with Crippen molar-refractivity contribution in [3.8, 4) is 0 Å². The predicted molar refractivity (Wildman–Crippen MR) is 88.3 cm³/mol. The summed E-state index contributed by atoms with van der Waals surface area (Å²) in [5.41, 5.74) is 3.22. The Labute approximate surface area is 128 Å². The number of hydrogen-bond donors (Lipinski definition) is 1. The second-order valence-corrected chi connectivity index (χ2v) is 4.42. The fourth-order valence-electron chi connectivity index (χ4n) is 1.82. The molecule has 0 amide bonds. The summed E-state index contributed by atoms with van der Waals surface area (Å²) in [4.78, 5) is 10.9. The van der Waals surface area contributed by atoms with Crippen molar-refractivity contribution in [2.24, 2.45) is 5.92 Å². The Kier molecular flexibility index (Phi) is 9.90. The number of aliphatic carboxylic acids is 1. The van der Waals surface area contributed by atoms with Crippen molar-refractivity contribution in [2.75, 3.05) is 14.2 Å². The van der Waals surface area contributed by atoms with Gasteiger partial charge in [-0.15, -0.1) is 0 Å². The van der Waals surface area contributed by atoms with Crippen LogP contribution in [0.3, 0.4) is 0 Å². The van der Waals surface area contributed by atoms with E-state index >= 15 is 0 Å². The van der Waals surface area contributed by atoms with Crippen LogP contribution in [0, 0.1) is 5.92 Å². The zero-order chi connectivity index (χ0) is 16.3. The van der Waals surface area contributed by atoms with E-state index in [4.69, 9.17) is 5.11 Å². The van der Waals surface area contributed by atoms with Crippen molar-refractivity contribution in [3.05, 3.63) is 53.1 Å². The van der Waals surface area contributed by atoms with Gasteiger partial charge < -0.3 is 9.84 Å². The largest absolute Gasteiger partial charge is 0.481 e. The van der Waals surface area contributed by atoms with E-state index in [1.54, 1.807) is 21.1 Å². The van der Waals surface area contributed by atoms with Gasteiger partial charge in [0.2, 0.25) is 0 Å². The third-order valence-electron chi connectivity index (χ3n) is 2.90. The van der Waals surface area contributed by atoms with Gasteiger partial charge in [0, 0.05) is 14.2 Å². The number of methoxy groups -OCH3 is 1. The van der Waals surface area contributed by atoms with Gasteiger partial charge in [0.1, 0.15) is 0 Å². The van der Waals surface area contributed by atoms with Gasteiger partial charge in [0.25, 0.3) is 0 Å². The first-order valence-corrected chi connectivity index (χ1v) is 7.19. The minimum Gasteiger partial charge on any atom is -0.481 e. The molecule has 0 spiro atoms. The molecule has 0 fully saturated rings. The highest BCUT2D eigenvalue weighted by molar-refractivity contribution is 5.77. The zero-order valence-corrected chi connectivity index (χ0v) is 13.6. The lowest BCUT2D eigenvalue weighted by atomic mass is 9.98. The second-order valence-electron chi connectivity index (χ2n) is 4.42. The Hall–Kier alpha value is -1.87. The molecule has 2 rings (SSSR count). The average Bonchev–Trinajstić information content (AvgIpc) is 2.71. The lowest BCUT2D eigenvalue weighted by molar-refractivity contribution is -0.139. The molecular weight excluding hydrogens is 264 g/mol. The number of benzene rings is 1. The highest BCUT2D eigenvalue weighted by Crippen LogP contribution is 2.23. The normalized spacial score (nSPS) is 13.3. The monoisotopic (exact) mass is 290 g/mol. The third kappa shape index (κ3) is 6.41. The van der Waals surface area contributed by atoms with Gasteiger partial charge in [-0.05, 0) is 30.0 Å². The van der Waals surface area contributed by atoms with E-state index in [-0.39, 0.29) is 0 Å². The molecule has 3 nitrogen and oxygen atoms in total. The molecule has 0 saturated carbocycles. The van der Waals surface area contributed by atoms with Crippen LogP contribution >= 0.6 is 0 Å². The maximum absolute atomic E-state index is 10.9. The second kappa shape index (κ2) is 10.9. The molecule has 1 unspecified atom stereocenters. The van der Waals surface area contributed by atoms with Crippen LogP contribution in [0.25, 0.3) is 6.08 Å². The Bertz CT molecular complexity index is 487. The number of carbonyl (C=O) groups is 1. The molecule has 21 heavy (non-hydrogen) atoms. The first-order chi connectivity index (χ1) is 10.1. The van der Waals surface area contributed by atoms with Crippen molar-refractivity contribution < 1.29 is 14.6 Å². The molecular formula is C18H26O3. The Morgan fingerprint density at radius 2 is 1.81 bits per heavy atom. The topological polar surface area (TPSA) is 46.5 Å². The Morgan fingerprint density at radius 1 is 1.24 bits per heavy atom. The number of carboxylic acids is 1. The molecule has 116 valence electrons. The molecule has 1 N–H and O–H groups in total. The SMILES string of the molecule is CC.CC(C(=O)O)C1=Cc2ccccc2CC=C1.COC. The summed E-state index contributed by atoms with van der Waals surface area (Å²) in [6.07, 6.45) is 6.77. The molecule has 1 aliphatic carbocycles. The zero-order valence-electron chi connectivity index (χ0n) is 13.6. The molecule has 1 aromatic rings. The summed E-state index contributed by atoms with van der Waals surface area (Å²) in [6, 6.07) is 8.08. The van der Waals surface area contributed by atoms with Crippen molar-refractivity contribution in [1.82, 2.24) is 0 Å². The van der Waals surface area contributed by atoms with E-state index in [9.17, 15) is 4.79 Å². The summed E-state index contributed by atoms with van der Waals surface area (Å²) in [7, 11) is 3.25. The number of allylic oxidation sites excluding steroid dienone is 2. The summed E-state index contributed by atoms with van der Waals surface area (Å²) in [5, 5.41) is 9.00. The molecule has 0 saturated heterocycles. The van der Waals surface area contributed by atoms with Crippen LogP contribution in [0.5, 0.6) is 0 Å². The highest BCUT2D eigenvalue weighted by atomic mass is 16.4. The number of rotatable bonds is 2. The molecule has 0 radical (unpaired) electrons. The predicted octanol–water partition coefficient (Wildman–Crippen LogP) is 4.19. The molecule has 1 aliphatic rings. The van der Waals surface area contributed by atoms with Crippen LogP contribution in [0.2, 0.25) is 0 Å². The quantitative estimate of drug-likeness (QED) is 0.888. The number of carboxylic acid groups (broad SMARTS) is 1. The fourth-order valence-corrected chi connectivity index (χ4v) is 1.82. The number of ether oxygens (including phenoxy) is 1. The van der Waals surface area contributed by atoms with Crippen LogP contribution in [-0.2, 0) is 16.0 Å². The lowest BCUT2D eigenvalue weighted by Gasteiger charge is -2.07. The fraction of sp³-hybridized carbons (Fsp3) is 0.389. The van der Waals surface area contributed by atoms with E-state index in [2.05, 4.69) is 10.8 Å². The van der Waals surface area contributed by atoms with E-state index in [1.807, 2.05) is 50.3 Å². The Balaban J connectivity index is 0.000000713. The third-order valence-corrected chi connectivity index (χ3v) is 2.90. The van der Waals surface area contributed by atoms with E-state index in [0.717, 1.165) is 17.6 Å². The summed E-state index contributed by atoms with van der Waals surface area (Å²) >= 11 is 0. The van der Waals surface area contributed by atoms with E-state index < -0.39 is 11.9 Å². The van der Waals surface area contributed by atoms with Crippen molar-refractivity contribution in [3.63, 3.8) is 0 Å². The number of hydrogen-bond acceptors (Lipinski definition) is 2. The minimum absolute atomic E-state index is 0.456. The summed E-state index contributed by atoms with van der Waals surface area (Å²) in [5.74, 6) is -1.24. The minimum atomic E-state index is -0.782. The van der Waals surface area contributed by atoms with Gasteiger partial charge in [-0.1, -0.05) is 56.3 Å². The molecule has 0 aromatic heterocycles. The molecule has 1 aromatic carbocycles. The smallest absolute Gasteiger partial charge is 0.310 e. The van der Waals surface area contributed by atoms with Gasteiger partial charge in [-0.2, -0.15) is 0 Å². The number of fused-ring (bicyclic) bond motifs is 1. The van der Waals surface area contributed by atoms with E-state index in [0.29, 0.717) is 0 Å². The first-order valence-electron chi connectivity index (χ1n) is 7.19. The van der Waals surface area contributed by atoms with Crippen molar-refractivity contribution in [2.45, 2.75) is 27.2 Å². The van der Waals surface area contributed by atoms with Crippen LogP contribution in [0.1, 0.15) is 31.9 Å². The molecule has 0 bridgehead atoms. The summed E-state index contributed by atoms with van der Waals surface area (Å²) < 4.78 is 4.25. The van der Waals surface area contributed by atoms with Crippen molar-refractivity contribution >= 4 is 12.0 Å². The maximum atomic E-state index is 10.9. The van der Waals surface area contributed by atoms with Gasteiger partial charge in [-0.3, -0.25) is 4.79 Å². The van der Waals surface area contributed by atoms with Gasteiger partial charge in [0.05, 0.1) is 5.92 Å². The van der Waals surface area contributed by atoms with Gasteiger partial charge in [-0.25, -0.2) is 0 Å². The van der Waals surface area contributed by atoms with Crippen molar-refractivity contribution in [1.29, 1.82) is 0 Å². The average molecular weight is 290 g/mol. The van der Waals surface area contributed by atoms with Gasteiger partial charge >= 0.3 is 5.97 Å². The Morgan fingerprint density at radius 3 is 2.38 bits per heavy atom. The standard InChI is InChI=1S/C14H14O2.C2H6O.C2H6/c1-10(14(15)16)12-8-4-7-11-5-2-3-6-13(11)9-12;1-3-2;1-2/h2-6,8-10H,7H2,1H3,(H,15,16);1-2H3;1-2H3. The lowest BCUT2D eigenvalue weighted by Crippen LogP contribution is -2.10. The maximum Gasteiger partial charge on any atom is 0.310 e. The van der Waals surface area contributed by atoms with Crippen LogP contribution in [-0.4, -0.2) is 25.3 Å². The van der Waals surface area contributed by atoms with Gasteiger partial charge in [0.15, 0.2) is 0 Å². The van der Waals surface area contributed by atoms with Crippen LogP contribution in [0.4, 0.5) is 0 Å². The molecule has 0 aliphatic heterocycles. The first kappa shape index (κ1) is 19.1. The van der Waals surface area contributed by atoms with Crippen LogP contribution in [0.15, 0.2) is 42.0 Å². The highest BCUT2D eigenvalue weighted by Gasteiger charge is 2.16. The molecule has 0 heterocycles. The summed E-state index contributed by atoms with van der Waals surface area (Å²) in [6.45, 7) is 5.71. The molecule has 3 heteroatoms. The van der Waals surface area contributed by atoms with E-state index in [1.165, 1.54) is 5.56 Å². The van der Waals surface area contributed by atoms with Crippen LogP contribution < -0.4 is 0 Å². The molecule has 1 atom stereocenters.